The molecule has 142 valence electrons. The molecule has 0 aliphatic heterocycles. The molecule has 0 atom stereocenters. The van der Waals surface area contributed by atoms with Gasteiger partial charge in [-0.3, -0.25) is 9.59 Å². The van der Waals surface area contributed by atoms with Gasteiger partial charge in [0.25, 0.3) is 5.91 Å². The fourth-order valence-electron chi connectivity index (χ4n) is 2.24. The van der Waals surface area contributed by atoms with Gasteiger partial charge in [-0.15, -0.1) is 0 Å². The summed E-state index contributed by atoms with van der Waals surface area (Å²) in [5, 5.41) is 5.92. The third-order valence-electron chi connectivity index (χ3n) is 3.61. The van der Waals surface area contributed by atoms with E-state index in [1.54, 1.807) is 6.07 Å². The molecule has 0 spiro atoms. The van der Waals surface area contributed by atoms with E-state index in [1.807, 2.05) is 0 Å². The van der Waals surface area contributed by atoms with Crippen molar-refractivity contribution in [1.29, 1.82) is 0 Å². The maximum atomic E-state index is 13.6. The second-order valence-electron chi connectivity index (χ2n) is 5.48. The SMILES string of the molecule is C=Cc1nsc(Nc2ccc(C(N)=O)cn2)c1C(=O)Nc1ccc(Cl)c(F)c1. The fourth-order valence-corrected chi connectivity index (χ4v) is 3.16. The molecular formula is C18H13ClFN5O2S. The van der Waals surface area contributed by atoms with Crippen molar-refractivity contribution in [2.24, 2.45) is 5.73 Å². The molecule has 0 aliphatic carbocycles. The summed E-state index contributed by atoms with van der Waals surface area (Å²) < 4.78 is 17.8. The van der Waals surface area contributed by atoms with E-state index in [0.29, 0.717) is 16.5 Å². The Morgan fingerprint density at radius 2 is 2.07 bits per heavy atom. The molecule has 3 aromatic rings. The third kappa shape index (κ3) is 4.16. The molecule has 2 aromatic heterocycles. The van der Waals surface area contributed by atoms with Crippen LogP contribution < -0.4 is 16.4 Å². The van der Waals surface area contributed by atoms with Gasteiger partial charge >= 0.3 is 0 Å². The topological polar surface area (TPSA) is 110 Å². The summed E-state index contributed by atoms with van der Waals surface area (Å²) >= 11 is 6.69. The van der Waals surface area contributed by atoms with Gasteiger partial charge in [0.1, 0.15) is 22.2 Å². The minimum Gasteiger partial charge on any atom is -0.366 e. The molecule has 0 aliphatic rings. The predicted molar refractivity (Wildman–Crippen MR) is 108 cm³/mol. The molecule has 0 fully saturated rings. The Morgan fingerprint density at radius 1 is 1.29 bits per heavy atom. The molecule has 7 nitrogen and oxygen atoms in total. The summed E-state index contributed by atoms with van der Waals surface area (Å²) in [6, 6.07) is 6.99. The van der Waals surface area contributed by atoms with Gasteiger partial charge < -0.3 is 16.4 Å². The van der Waals surface area contributed by atoms with Gasteiger partial charge in [-0.1, -0.05) is 18.2 Å². The monoisotopic (exact) mass is 417 g/mol. The molecule has 4 N–H and O–H groups in total. The molecule has 28 heavy (non-hydrogen) atoms. The zero-order chi connectivity index (χ0) is 20.3. The van der Waals surface area contributed by atoms with Crippen molar-refractivity contribution in [3.05, 3.63) is 70.8 Å². The van der Waals surface area contributed by atoms with Gasteiger partial charge in [0.05, 0.1) is 16.3 Å². The Labute approximate surface area is 168 Å². The largest absolute Gasteiger partial charge is 0.366 e. The molecule has 10 heteroatoms. The Hall–Kier alpha value is -3.30. The van der Waals surface area contributed by atoms with E-state index in [-0.39, 0.29) is 21.8 Å². The van der Waals surface area contributed by atoms with Gasteiger partial charge in [-0.2, -0.15) is 4.37 Å². The van der Waals surface area contributed by atoms with Crippen LogP contribution in [0, 0.1) is 5.82 Å². The van der Waals surface area contributed by atoms with Gasteiger partial charge in [0.2, 0.25) is 5.91 Å². The number of amides is 2. The zero-order valence-corrected chi connectivity index (χ0v) is 15.8. The standard InChI is InChI=1S/C18H13ClFN5O2S/c1-2-13-15(17(27)23-10-4-5-11(19)12(20)7-10)18(28-25-13)24-14-6-3-9(8-22-14)16(21)26/h2-8H,1H2,(H2,21,26)(H,22,24)(H,23,27). The second-order valence-corrected chi connectivity index (χ2v) is 6.66. The molecule has 0 radical (unpaired) electrons. The first-order valence-corrected chi connectivity index (χ1v) is 8.95. The van der Waals surface area contributed by atoms with E-state index in [0.717, 1.165) is 17.6 Å². The van der Waals surface area contributed by atoms with E-state index in [4.69, 9.17) is 17.3 Å². The first-order valence-electron chi connectivity index (χ1n) is 7.80. The highest BCUT2D eigenvalue weighted by Gasteiger charge is 2.20. The van der Waals surface area contributed by atoms with Crippen LogP contribution in [0.4, 0.5) is 20.9 Å². The van der Waals surface area contributed by atoms with Crippen LogP contribution in [0.15, 0.2) is 43.1 Å². The Bertz CT molecular complexity index is 1070. The number of nitrogens with two attached hydrogens (primary N) is 1. The molecule has 1 aromatic carbocycles. The van der Waals surface area contributed by atoms with Crippen molar-refractivity contribution in [2.45, 2.75) is 0 Å². The summed E-state index contributed by atoms with van der Waals surface area (Å²) in [6.45, 7) is 3.65. The Kier molecular flexibility index (Phi) is 5.67. The minimum atomic E-state index is -0.649. The summed E-state index contributed by atoms with van der Waals surface area (Å²) in [7, 11) is 0. The Balaban J connectivity index is 1.87. The normalized spacial score (nSPS) is 10.4. The lowest BCUT2D eigenvalue weighted by Gasteiger charge is -2.09. The number of anilines is 3. The highest BCUT2D eigenvalue weighted by atomic mass is 35.5. The number of halogens is 2. The van der Waals surface area contributed by atoms with Gasteiger partial charge in [-0.25, -0.2) is 9.37 Å². The number of hydrogen-bond acceptors (Lipinski definition) is 6. The van der Waals surface area contributed by atoms with Crippen LogP contribution in [0.2, 0.25) is 5.02 Å². The number of hydrogen-bond donors (Lipinski definition) is 3. The third-order valence-corrected chi connectivity index (χ3v) is 4.69. The van der Waals surface area contributed by atoms with E-state index in [2.05, 4.69) is 26.6 Å². The summed E-state index contributed by atoms with van der Waals surface area (Å²) in [5.74, 6) is -1.37. The van der Waals surface area contributed by atoms with Crippen molar-refractivity contribution in [3.63, 3.8) is 0 Å². The number of carbonyl (C=O) groups is 2. The molecule has 0 saturated carbocycles. The average Bonchev–Trinajstić information content (AvgIpc) is 3.08. The molecule has 0 saturated heterocycles. The zero-order valence-electron chi connectivity index (χ0n) is 14.2. The molecule has 0 unspecified atom stereocenters. The number of pyridine rings is 1. The number of nitrogens with zero attached hydrogens (tertiary/aromatic N) is 2. The van der Waals surface area contributed by atoms with Crippen molar-refractivity contribution in [3.8, 4) is 0 Å². The first-order chi connectivity index (χ1) is 13.4. The van der Waals surface area contributed by atoms with Crippen LogP contribution in [0.3, 0.4) is 0 Å². The number of carbonyl (C=O) groups excluding carboxylic acids is 2. The molecule has 0 bridgehead atoms. The van der Waals surface area contributed by atoms with Crippen LogP contribution in [0.25, 0.3) is 6.08 Å². The summed E-state index contributed by atoms with van der Waals surface area (Å²) in [6.07, 6.45) is 2.75. The quantitative estimate of drug-likeness (QED) is 0.560. The lowest BCUT2D eigenvalue weighted by atomic mass is 10.2. The number of benzene rings is 1. The summed E-state index contributed by atoms with van der Waals surface area (Å²) in [4.78, 5) is 27.9. The smallest absolute Gasteiger partial charge is 0.260 e. The van der Waals surface area contributed by atoms with E-state index >= 15 is 0 Å². The maximum absolute atomic E-state index is 13.6. The van der Waals surface area contributed by atoms with Crippen LogP contribution >= 0.6 is 23.1 Å². The second kappa shape index (κ2) is 8.15. The minimum absolute atomic E-state index is 0.0465. The lowest BCUT2D eigenvalue weighted by molar-refractivity contribution is 0.0997. The van der Waals surface area contributed by atoms with Gasteiger partial charge in [-0.05, 0) is 47.9 Å². The van der Waals surface area contributed by atoms with Crippen molar-refractivity contribution >= 4 is 57.5 Å². The number of primary amides is 1. The predicted octanol–water partition coefficient (Wildman–Crippen LogP) is 4.07. The van der Waals surface area contributed by atoms with E-state index in [1.165, 1.54) is 30.5 Å². The van der Waals surface area contributed by atoms with Gasteiger partial charge in [0.15, 0.2) is 0 Å². The van der Waals surface area contributed by atoms with Gasteiger partial charge in [0, 0.05) is 11.9 Å². The summed E-state index contributed by atoms with van der Waals surface area (Å²) in [5.41, 5.74) is 6.25. The molecule has 2 heterocycles. The number of aromatic nitrogens is 2. The lowest BCUT2D eigenvalue weighted by Crippen LogP contribution is -2.14. The molecular weight excluding hydrogens is 405 g/mol. The Morgan fingerprint density at radius 3 is 2.68 bits per heavy atom. The van der Waals surface area contributed by atoms with E-state index < -0.39 is 17.6 Å². The van der Waals surface area contributed by atoms with Crippen molar-refractivity contribution in [2.75, 3.05) is 10.6 Å². The highest BCUT2D eigenvalue weighted by molar-refractivity contribution is 7.10. The van der Waals surface area contributed by atoms with Crippen molar-refractivity contribution in [1.82, 2.24) is 9.36 Å². The highest BCUT2D eigenvalue weighted by Crippen LogP contribution is 2.29. The first kappa shape index (κ1) is 19.5. The van der Waals surface area contributed by atoms with Crippen LogP contribution in [0.1, 0.15) is 26.4 Å². The number of nitrogens with one attached hydrogen (secondary N) is 2. The number of rotatable bonds is 6. The average molecular weight is 418 g/mol. The van der Waals surface area contributed by atoms with Crippen LogP contribution in [-0.2, 0) is 0 Å². The fraction of sp³-hybridized carbons (Fsp3) is 0. The maximum Gasteiger partial charge on any atom is 0.260 e. The van der Waals surface area contributed by atoms with Crippen LogP contribution in [-0.4, -0.2) is 21.2 Å². The molecule has 2 amide bonds. The van der Waals surface area contributed by atoms with Crippen molar-refractivity contribution < 1.29 is 14.0 Å². The van der Waals surface area contributed by atoms with E-state index in [9.17, 15) is 14.0 Å². The molecule has 3 rings (SSSR count). The van der Waals surface area contributed by atoms with Crippen LogP contribution in [0.5, 0.6) is 0 Å².